The predicted octanol–water partition coefficient (Wildman–Crippen LogP) is 0.440. The first-order valence-electron chi connectivity index (χ1n) is 4.13. The second kappa shape index (κ2) is 3.51. The Hall–Kier alpha value is 0.137. The van der Waals surface area contributed by atoms with E-state index in [-0.39, 0.29) is 9.52 Å². The average Bonchev–Trinajstić information content (AvgIpc) is 1.89. The van der Waals surface area contributed by atoms with Crippen molar-refractivity contribution in [2.45, 2.75) is 37.6 Å². The molecule has 0 aromatic heterocycles. The van der Waals surface area contributed by atoms with E-state index >= 15 is 0 Å². The van der Waals surface area contributed by atoms with Gasteiger partial charge in [-0.2, -0.15) is 0 Å². The van der Waals surface area contributed by atoms with Crippen LogP contribution in [0.2, 0.25) is 6.04 Å². The van der Waals surface area contributed by atoms with Crippen LogP contribution in [0.25, 0.3) is 0 Å². The highest BCUT2D eigenvalue weighted by atomic mass is 28.2. The summed E-state index contributed by atoms with van der Waals surface area (Å²) in [7, 11) is -0.387. The Kier molecular flexibility index (Phi) is 2.89. The molecule has 1 aliphatic heterocycles. The minimum Gasteiger partial charge on any atom is -0.370 e. The lowest BCUT2D eigenvalue weighted by atomic mass is 10.2. The number of hydrogen-bond acceptors (Lipinski definition) is 2. The van der Waals surface area contributed by atoms with E-state index < -0.39 is 5.41 Å². The standard InChI is InChI=1S/C7H16O2Si/c1-2-10-7(8)5-3-4-6-9-7/h8H,2-6,10H2,1H3. The summed E-state index contributed by atoms with van der Waals surface area (Å²) in [6.45, 7) is 2.89. The first-order chi connectivity index (χ1) is 4.77. The number of ether oxygens (including phenoxy) is 1. The summed E-state index contributed by atoms with van der Waals surface area (Å²) in [5.74, 6) is 0. The molecule has 60 valence electrons. The average molecular weight is 160 g/mol. The van der Waals surface area contributed by atoms with Crippen molar-refractivity contribution in [2.24, 2.45) is 0 Å². The van der Waals surface area contributed by atoms with Gasteiger partial charge >= 0.3 is 0 Å². The van der Waals surface area contributed by atoms with Crippen molar-refractivity contribution < 1.29 is 9.84 Å². The van der Waals surface area contributed by atoms with Crippen LogP contribution in [0, 0.1) is 0 Å². The van der Waals surface area contributed by atoms with Crippen molar-refractivity contribution in [3.05, 3.63) is 0 Å². The summed E-state index contributed by atoms with van der Waals surface area (Å²) in [6.07, 6.45) is 3.15. The molecule has 1 fully saturated rings. The van der Waals surface area contributed by atoms with Gasteiger partial charge in [-0.05, 0) is 19.3 Å². The Morgan fingerprint density at radius 3 is 2.90 bits per heavy atom. The van der Waals surface area contributed by atoms with Gasteiger partial charge in [0.05, 0.1) is 9.52 Å². The van der Waals surface area contributed by atoms with Gasteiger partial charge in [-0.1, -0.05) is 13.0 Å². The fourth-order valence-corrected chi connectivity index (χ4v) is 3.00. The van der Waals surface area contributed by atoms with Gasteiger partial charge in [-0.25, -0.2) is 0 Å². The van der Waals surface area contributed by atoms with E-state index in [9.17, 15) is 5.11 Å². The van der Waals surface area contributed by atoms with Gasteiger partial charge in [-0.3, -0.25) is 0 Å². The Labute approximate surface area is 64.4 Å². The van der Waals surface area contributed by atoms with Crippen LogP contribution in [0.4, 0.5) is 0 Å². The first-order valence-corrected chi connectivity index (χ1v) is 5.84. The summed E-state index contributed by atoms with van der Waals surface area (Å²) in [5, 5.41) is 9.71. The number of aliphatic hydroxyl groups is 1. The van der Waals surface area contributed by atoms with Gasteiger partial charge in [0.25, 0.3) is 0 Å². The van der Waals surface area contributed by atoms with Crippen LogP contribution in [0.15, 0.2) is 0 Å². The van der Waals surface area contributed by atoms with Gasteiger partial charge in [-0.15, -0.1) is 0 Å². The Bertz CT molecular complexity index is 94.3. The molecular formula is C7H16O2Si. The molecule has 0 amide bonds. The molecule has 0 aromatic rings. The third-order valence-corrected chi connectivity index (χ3v) is 3.81. The maximum absolute atomic E-state index is 9.71. The molecule has 10 heavy (non-hydrogen) atoms. The van der Waals surface area contributed by atoms with E-state index in [1.54, 1.807) is 0 Å². The zero-order chi connectivity index (χ0) is 7.45. The molecule has 1 rings (SSSR count). The molecule has 3 heteroatoms. The molecule has 2 nitrogen and oxygen atoms in total. The lowest BCUT2D eigenvalue weighted by molar-refractivity contribution is -0.164. The lowest BCUT2D eigenvalue weighted by Gasteiger charge is -2.31. The lowest BCUT2D eigenvalue weighted by Crippen LogP contribution is -2.41. The molecule has 1 N–H and O–H groups in total. The zero-order valence-electron chi connectivity index (χ0n) is 6.60. The third kappa shape index (κ3) is 2.07. The Balaban J connectivity index is 2.32. The molecule has 1 saturated heterocycles. The summed E-state index contributed by atoms with van der Waals surface area (Å²) < 4.78 is 5.32. The molecule has 0 spiro atoms. The number of rotatable bonds is 2. The minimum atomic E-state index is -0.632. The van der Waals surface area contributed by atoms with Gasteiger partial charge in [0, 0.05) is 6.61 Å². The van der Waals surface area contributed by atoms with Gasteiger partial charge in [0.15, 0.2) is 0 Å². The van der Waals surface area contributed by atoms with Crippen molar-refractivity contribution in [3.63, 3.8) is 0 Å². The van der Waals surface area contributed by atoms with E-state index in [1.165, 1.54) is 0 Å². The molecule has 1 heterocycles. The molecule has 1 aliphatic rings. The predicted molar refractivity (Wildman–Crippen MR) is 43.8 cm³/mol. The summed E-state index contributed by atoms with van der Waals surface area (Å²) >= 11 is 0. The maximum Gasteiger partial charge on any atom is 0.141 e. The third-order valence-electron chi connectivity index (χ3n) is 1.97. The van der Waals surface area contributed by atoms with Crippen molar-refractivity contribution in [1.29, 1.82) is 0 Å². The molecule has 0 radical (unpaired) electrons. The van der Waals surface area contributed by atoms with Crippen molar-refractivity contribution >= 4 is 9.52 Å². The van der Waals surface area contributed by atoms with Gasteiger partial charge < -0.3 is 9.84 Å². The second-order valence-corrected chi connectivity index (χ2v) is 5.61. The van der Waals surface area contributed by atoms with E-state index in [1.807, 2.05) is 0 Å². The van der Waals surface area contributed by atoms with Crippen LogP contribution in [0.3, 0.4) is 0 Å². The topological polar surface area (TPSA) is 29.5 Å². The van der Waals surface area contributed by atoms with Crippen LogP contribution >= 0.6 is 0 Å². The van der Waals surface area contributed by atoms with E-state index in [4.69, 9.17) is 4.74 Å². The highest BCUT2D eigenvalue weighted by Gasteiger charge is 2.28. The molecule has 1 atom stereocenters. The molecule has 0 bridgehead atoms. The monoisotopic (exact) mass is 160 g/mol. The largest absolute Gasteiger partial charge is 0.370 e. The fraction of sp³-hybridized carbons (Fsp3) is 1.00. The Morgan fingerprint density at radius 1 is 1.60 bits per heavy atom. The fourth-order valence-electron chi connectivity index (χ4n) is 1.43. The van der Waals surface area contributed by atoms with Crippen LogP contribution in [-0.2, 0) is 4.74 Å². The summed E-state index contributed by atoms with van der Waals surface area (Å²) in [4.78, 5) is 0. The highest BCUT2D eigenvalue weighted by Crippen LogP contribution is 2.21. The maximum atomic E-state index is 9.71. The number of hydrogen-bond donors (Lipinski definition) is 1. The molecule has 0 saturated carbocycles. The highest BCUT2D eigenvalue weighted by molar-refractivity contribution is 6.38. The van der Waals surface area contributed by atoms with Crippen LogP contribution in [0.5, 0.6) is 0 Å². The molecule has 1 unspecified atom stereocenters. The molecule has 0 aliphatic carbocycles. The first kappa shape index (κ1) is 8.24. The molecule has 0 aromatic carbocycles. The van der Waals surface area contributed by atoms with Gasteiger partial charge in [0.1, 0.15) is 5.41 Å². The SMILES string of the molecule is CC[SiH2]C1(O)CCCCO1. The minimum absolute atomic E-state index is 0.387. The Morgan fingerprint density at radius 2 is 2.40 bits per heavy atom. The smallest absolute Gasteiger partial charge is 0.141 e. The van der Waals surface area contributed by atoms with Gasteiger partial charge in [0.2, 0.25) is 0 Å². The van der Waals surface area contributed by atoms with E-state index in [0.29, 0.717) is 0 Å². The van der Waals surface area contributed by atoms with Crippen molar-refractivity contribution in [3.8, 4) is 0 Å². The van der Waals surface area contributed by atoms with Crippen LogP contribution in [-0.4, -0.2) is 26.6 Å². The quantitative estimate of drug-likeness (QED) is 0.594. The second-order valence-electron chi connectivity index (χ2n) is 3.00. The summed E-state index contributed by atoms with van der Waals surface area (Å²) in [5.41, 5.74) is -0.632. The summed E-state index contributed by atoms with van der Waals surface area (Å²) in [6, 6.07) is 1.14. The van der Waals surface area contributed by atoms with Crippen LogP contribution in [0.1, 0.15) is 26.2 Å². The van der Waals surface area contributed by atoms with Crippen LogP contribution < -0.4 is 0 Å². The van der Waals surface area contributed by atoms with Crippen molar-refractivity contribution in [2.75, 3.05) is 6.61 Å². The van der Waals surface area contributed by atoms with E-state index in [0.717, 1.165) is 31.9 Å². The van der Waals surface area contributed by atoms with Crippen molar-refractivity contribution in [1.82, 2.24) is 0 Å². The normalized spacial score (nSPS) is 35.4. The molecular weight excluding hydrogens is 144 g/mol. The van der Waals surface area contributed by atoms with E-state index in [2.05, 4.69) is 6.92 Å². The zero-order valence-corrected chi connectivity index (χ0v) is 8.01.